The zero-order valence-electron chi connectivity index (χ0n) is 16.8. The van der Waals surface area contributed by atoms with Crippen LogP contribution in [0.5, 0.6) is 5.75 Å². The molecule has 2 aromatic rings. The van der Waals surface area contributed by atoms with Crippen molar-refractivity contribution in [1.82, 2.24) is 5.32 Å². The Morgan fingerprint density at radius 1 is 1.11 bits per heavy atom. The van der Waals surface area contributed by atoms with Gasteiger partial charge in [-0.25, -0.2) is 0 Å². The third-order valence-corrected chi connectivity index (χ3v) is 4.91. The molecule has 1 atom stereocenters. The minimum atomic E-state index is -0.318. The van der Waals surface area contributed by atoms with E-state index in [1.807, 2.05) is 62.4 Å². The fraction of sp³-hybridized carbons (Fsp3) is 0.391. The second-order valence-corrected chi connectivity index (χ2v) is 7.45. The van der Waals surface area contributed by atoms with E-state index in [1.165, 1.54) is 5.56 Å². The van der Waals surface area contributed by atoms with Gasteiger partial charge in [-0.3, -0.25) is 9.59 Å². The van der Waals surface area contributed by atoms with Crippen LogP contribution in [0.15, 0.2) is 48.5 Å². The molecule has 148 valence electrons. The van der Waals surface area contributed by atoms with E-state index in [9.17, 15) is 9.59 Å². The maximum Gasteiger partial charge on any atom is 0.227 e. The summed E-state index contributed by atoms with van der Waals surface area (Å²) < 4.78 is 5.63. The molecular formula is C23H28N2O3. The predicted molar refractivity (Wildman–Crippen MR) is 110 cm³/mol. The molecule has 28 heavy (non-hydrogen) atoms. The van der Waals surface area contributed by atoms with Crippen LogP contribution in [-0.4, -0.2) is 24.5 Å². The molecule has 1 heterocycles. The van der Waals surface area contributed by atoms with Crippen LogP contribution in [0.4, 0.5) is 5.69 Å². The van der Waals surface area contributed by atoms with Gasteiger partial charge >= 0.3 is 0 Å². The van der Waals surface area contributed by atoms with E-state index in [1.54, 1.807) is 4.90 Å². The lowest BCUT2D eigenvalue weighted by Gasteiger charge is -2.17. The van der Waals surface area contributed by atoms with Crippen LogP contribution in [-0.2, 0) is 22.6 Å². The summed E-state index contributed by atoms with van der Waals surface area (Å²) in [6.45, 7) is 6.94. The Labute approximate surface area is 166 Å². The highest BCUT2D eigenvalue weighted by atomic mass is 16.5. The first kappa shape index (κ1) is 19.9. The number of ether oxygens (including phenoxy) is 1. The van der Waals surface area contributed by atoms with Crippen LogP contribution < -0.4 is 15.0 Å². The van der Waals surface area contributed by atoms with Crippen molar-refractivity contribution in [1.29, 1.82) is 0 Å². The Bertz CT molecular complexity index is 813. The molecule has 0 aromatic heterocycles. The largest absolute Gasteiger partial charge is 0.491 e. The highest BCUT2D eigenvalue weighted by Crippen LogP contribution is 2.25. The average molecular weight is 380 g/mol. The number of benzene rings is 2. The van der Waals surface area contributed by atoms with Gasteiger partial charge in [0.2, 0.25) is 11.8 Å². The van der Waals surface area contributed by atoms with E-state index in [-0.39, 0.29) is 30.3 Å². The minimum absolute atomic E-state index is 0.000384. The molecule has 0 aliphatic carbocycles. The van der Waals surface area contributed by atoms with Crippen LogP contribution >= 0.6 is 0 Å². The Balaban J connectivity index is 1.54. The van der Waals surface area contributed by atoms with E-state index in [0.29, 0.717) is 13.1 Å². The Kier molecular flexibility index (Phi) is 6.34. The van der Waals surface area contributed by atoms with Crippen molar-refractivity contribution in [3.05, 3.63) is 59.7 Å². The van der Waals surface area contributed by atoms with Crippen molar-refractivity contribution < 1.29 is 14.3 Å². The monoisotopic (exact) mass is 380 g/mol. The molecule has 2 aromatic carbocycles. The molecule has 0 bridgehead atoms. The van der Waals surface area contributed by atoms with Gasteiger partial charge in [0.15, 0.2) is 0 Å². The molecule has 5 heteroatoms. The summed E-state index contributed by atoms with van der Waals surface area (Å²) in [5.74, 6) is 0.418. The van der Waals surface area contributed by atoms with Crippen molar-refractivity contribution in [3.8, 4) is 5.75 Å². The first-order chi connectivity index (χ1) is 13.5. The maximum absolute atomic E-state index is 12.5. The number of nitrogens with one attached hydrogen (secondary N) is 1. The molecule has 1 saturated heterocycles. The fourth-order valence-corrected chi connectivity index (χ4v) is 3.34. The summed E-state index contributed by atoms with van der Waals surface area (Å²) in [6.07, 6.45) is 1.35. The SMILES string of the molecule is CCc1ccc(N2C[C@H](C(=O)NCc3ccc(OC(C)C)cc3)CC2=O)cc1. The van der Waals surface area contributed by atoms with E-state index in [0.717, 1.165) is 23.4 Å². The first-order valence-electron chi connectivity index (χ1n) is 9.89. The Morgan fingerprint density at radius 3 is 2.36 bits per heavy atom. The normalized spacial score (nSPS) is 16.5. The van der Waals surface area contributed by atoms with E-state index in [4.69, 9.17) is 4.74 Å². The van der Waals surface area contributed by atoms with Gasteiger partial charge in [-0.05, 0) is 55.7 Å². The molecule has 2 amide bonds. The molecule has 3 rings (SSSR count). The quantitative estimate of drug-likeness (QED) is 0.797. The molecule has 0 radical (unpaired) electrons. The van der Waals surface area contributed by atoms with Gasteiger partial charge in [0.25, 0.3) is 0 Å². The summed E-state index contributed by atoms with van der Waals surface area (Å²) in [5.41, 5.74) is 3.09. The first-order valence-corrected chi connectivity index (χ1v) is 9.89. The van der Waals surface area contributed by atoms with Gasteiger partial charge in [0.05, 0.1) is 12.0 Å². The van der Waals surface area contributed by atoms with Gasteiger partial charge in [-0.1, -0.05) is 31.2 Å². The number of carbonyl (C=O) groups is 2. The lowest BCUT2D eigenvalue weighted by molar-refractivity contribution is -0.126. The van der Waals surface area contributed by atoms with E-state index < -0.39 is 0 Å². The number of rotatable bonds is 7. The van der Waals surface area contributed by atoms with Gasteiger partial charge < -0.3 is 15.0 Å². The number of anilines is 1. The van der Waals surface area contributed by atoms with Crippen LogP contribution in [0, 0.1) is 5.92 Å². The van der Waals surface area contributed by atoms with Crippen molar-refractivity contribution in [2.24, 2.45) is 5.92 Å². The molecule has 5 nitrogen and oxygen atoms in total. The number of hydrogen-bond acceptors (Lipinski definition) is 3. The lowest BCUT2D eigenvalue weighted by Crippen LogP contribution is -2.32. The van der Waals surface area contributed by atoms with E-state index in [2.05, 4.69) is 12.2 Å². The van der Waals surface area contributed by atoms with Crippen LogP contribution in [0.2, 0.25) is 0 Å². The van der Waals surface area contributed by atoms with Crippen LogP contribution in [0.1, 0.15) is 38.3 Å². The summed E-state index contributed by atoms with van der Waals surface area (Å²) in [6, 6.07) is 15.7. The predicted octanol–water partition coefficient (Wildman–Crippen LogP) is 3.71. The van der Waals surface area contributed by atoms with Gasteiger partial charge in [0.1, 0.15) is 5.75 Å². The average Bonchev–Trinajstić information content (AvgIpc) is 3.08. The molecule has 1 aliphatic heterocycles. The second kappa shape index (κ2) is 8.91. The topological polar surface area (TPSA) is 58.6 Å². The van der Waals surface area contributed by atoms with Gasteiger partial charge in [-0.2, -0.15) is 0 Å². The zero-order chi connectivity index (χ0) is 20.1. The summed E-state index contributed by atoms with van der Waals surface area (Å²) in [5, 5.41) is 2.95. The fourth-order valence-electron chi connectivity index (χ4n) is 3.34. The molecule has 1 fully saturated rings. The number of carbonyl (C=O) groups excluding carboxylic acids is 2. The Morgan fingerprint density at radius 2 is 1.75 bits per heavy atom. The van der Waals surface area contributed by atoms with Crippen LogP contribution in [0.25, 0.3) is 0 Å². The number of hydrogen-bond donors (Lipinski definition) is 1. The highest BCUT2D eigenvalue weighted by Gasteiger charge is 2.34. The smallest absolute Gasteiger partial charge is 0.227 e. The summed E-state index contributed by atoms with van der Waals surface area (Å²) in [4.78, 5) is 26.6. The van der Waals surface area contributed by atoms with Crippen molar-refractivity contribution in [2.75, 3.05) is 11.4 Å². The standard InChI is InChI=1S/C23H28N2O3/c1-4-17-5-9-20(10-6-17)25-15-19(13-22(25)26)23(27)24-14-18-7-11-21(12-8-18)28-16(2)3/h5-12,16,19H,4,13-15H2,1-3H3,(H,24,27)/t19-/m1/s1. The summed E-state index contributed by atoms with van der Waals surface area (Å²) >= 11 is 0. The Hall–Kier alpha value is -2.82. The van der Waals surface area contributed by atoms with Crippen LogP contribution in [0.3, 0.4) is 0 Å². The third kappa shape index (κ3) is 4.91. The lowest BCUT2D eigenvalue weighted by atomic mass is 10.1. The van der Waals surface area contributed by atoms with E-state index >= 15 is 0 Å². The highest BCUT2D eigenvalue weighted by molar-refractivity contribution is 6.00. The number of nitrogens with zero attached hydrogens (tertiary/aromatic N) is 1. The molecular weight excluding hydrogens is 352 g/mol. The molecule has 0 spiro atoms. The zero-order valence-corrected chi connectivity index (χ0v) is 16.8. The van der Waals surface area contributed by atoms with Crippen molar-refractivity contribution >= 4 is 17.5 Å². The number of aryl methyl sites for hydroxylation is 1. The molecule has 1 N–H and O–H groups in total. The van der Waals surface area contributed by atoms with Crippen molar-refractivity contribution in [2.45, 2.75) is 46.3 Å². The van der Waals surface area contributed by atoms with Crippen molar-refractivity contribution in [3.63, 3.8) is 0 Å². The third-order valence-electron chi connectivity index (χ3n) is 4.91. The number of amides is 2. The summed E-state index contributed by atoms with van der Waals surface area (Å²) in [7, 11) is 0. The molecule has 0 unspecified atom stereocenters. The van der Waals surface area contributed by atoms with Gasteiger partial charge in [-0.15, -0.1) is 0 Å². The maximum atomic E-state index is 12.5. The van der Waals surface area contributed by atoms with Gasteiger partial charge in [0, 0.05) is 25.2 Å². The minimum Gasteiger partial charge on any atom is -0.491 e. The second-order valence-electron chi connectivity index (χ2n) is 7.45. The molecule has 0 saturated carbocycles. The molecule has 1 aliphatic rings.